The molecule has 0 radical (unpaired) electrons. The molecule has 116 valence electrons. The van der Waals surface area contributed by atoms with Gasteiger partial charge in [-0.05, 0) is 24.5 Å². The van der Waals surface area contributed by atoms with E-state index in [-0.39, 0.29) is 12.1 Å². The Morgan fingerprint density at radius 2 is 2.32 bits per heavy atom. The summed E-state index contributed by atoms with van der Waals surface area (Å²) in [6, 6.07) is 8.33. The molecule has 0 spiro atoms. The van der Waals surface area contributed by atoms with Crippen LogP contribution in [0.3, 0.4) is 0 Å². The van der Waals surface area contributed by atoms with Crippen LogP contribution < -0.4 is 10.6 Å². The Labute approximate surface area is 134 Å². The van der Waals surface area contributed by atoms with Gasteiger partial charge in [0.1, 0.15) is 0 Å². The summed E-state index contributed by atoms with van der Waals surface area (Å²) in [7, 11) is 0. The number of nitrogens with one attached hydrogen (secondary N) is 2. The number of thioether (sulfide) groups is 1. The zero-order valence-corrected chi connectivity index (χ0v) is 13.2. The summed E-state index contributed by atoms with van der Waals surface area (Å²) in [6.07, 6.45) is 7.34. The molecule has 1 aromatic carbocycles. The van der Waals surface area contributed by atoms with Crippen LogP contribution in [0.15, 0.2) is 47.9 Å². The van der Waals surface area contributed by atoms with E-state index in [1.54, 1.807) is 12.5 Å². The summed E-state index contributed by atoms with van der Waals surface area (Å²) in [6.45, 7) is 1.52. The SMILES string of the molecule is O=C(NCCCn1ccnc1)NC1CCSc2ccccc21. The van der Waals surface area contributed by atoms with Crippen LogP contribution in [0.25, 0.3) is 0 Å². The Kier molecular flexibility index (Phi) is 5.00. The van der Waals surface area contributed by atoms with Crippen molar-refractivity contribution in [1.29, 1.82) is 0 Å². The smallest absolute Gasteiger partial charge is 0.315 e. The van der Waals surface area contributed by atoms with Gasteiger partial charge in [0.05, 0.1) is 12.4 Å². The molecule has 0 saturated carbocycles. The molecule has 0 bridgehead atoms. The fourth-order valence-corrected chi connectivity index (χ4v) is 3.71. The summed E-state index contributed by atoms with van der Waals surface area (Å²) in [5, 5.41) is 6.02. The minimum Gasteiger partial charge on any atom is -0.338 e. The molecule has 2 N–H and O–H groups in total. The van der Waals surface area contributed by atoms with Crippen LogP contribution >= 0.6 is 11.8 Å². The second-order valence-electron chi connectivity index (χ2n) is 5.28. The van der Waals surface area contributed by atoms with Gasteiger partial charge in [-0.2, -0.15) is 0 Å². The maximum absolute atomic E-state index is 12.0. The molecule has 0 fully saturated rings. The van der Waals surface area contributed by atoms with Gasteiger partial charge < -0.3 is 15.2 Å². The molecule has 2 aromatic rings. The standard InChI is InChI=1S/C16H20N4OS/c21-16(18-7-3-9-20-10-8-17-12-20)19-14-6-11-22-15-5-2-1-4-13(14)15/h1-2,4-5,8,10,12,14H,3,6-7,9,11H2,(H2,18,19,21). The van der Waals surface area contributed by atoms with E-state index in [1.807, 2.05) is 34.7 Å². The monoisotopic (exact) mass is 316 g/mol. The van der Waals surface area contributed by atoms with Crippen molar-refractivity contribution in [2.45, 2.75) is 30.3 Å². The number of benzene rings is 1. The number of carbonyl (C=O) groups excluding carboxylic acids is 1. The van der Waals surface area contributed by atoms with Crippen LogP contribution in [0, 0.1) is 0 Å². The van der Waals surface area contributed by atoms with Crippen LogP contribution in [-0.2, 0) is 6.54 Å². The Balaban J connectivity index is 1.44. The minimum atomic E-state index is -0.0858. The highest BCUT2D eigenvalue weighted by molar-refractivity contribution is 7.99. The van der Waals surface area contributed by atoms with Gasteiger partial charge in [-0.25, -0.2) is 9.78 Å². The van der Waals surface area contributed by atoms with Crippen molar-refractivity contribution in [2.24, 2.45) is 0 Å². The van der Waals surface area contributed by atoms with E-state index in [2.05, 4.69) is 27.8 Å². The van der Waals surface area contributed by atoms with E-state index < -0.39 is 0 Å². The van der Waals surface area contributed by atoms with Gasteiger partial charge in [0, 0.05) is 36.1 Å². The molecule has 1 aliphatic rings. The lowest BCUT2D eigenvalue weighted by atomic mass is 10.0. The van der Waals surface area contributed by atoms with Crippen molar-refractivity contribution < 1.29 is 4.79 Å². The van der Waals surface area contributed by atoms with Crippen molar-refractivity contribution in [1.82, 2.24) is 20.2 Å². The summed E-state index contributed by atoms with van der Waals surface area (Å²) in [5.41, 5.74) is 1.23. The minimum absolute atomic E-state index is 0.0858. The van der Waals surface area contributed by atoms with E-state index in [4.69, 9.17) is 0 Å². The summed E-state index contributed by atoms with van der Waals surface area (Å²) in [4.78, 5) is 17.3. The van der Waals surface area contributed by atoms with Crippen molar-refractivity contribution in [3.8, 4) is 0 Å². The number of imidazole rings is 1. The maximum Gasteiger partial charge on any atom is 0.315 e. The quantitative estimate of drug-likeness (QED) is 0.834. The highest BCUT2D eigenvalue weighted by atomic mass is 32.2. The predicted molar refractivity (Wildman–Crippen MR) is 87.9 cm³/mol. The zero-order valence-electron chi connectivity index (χ0n) is 12.4. The van der Waals surface area contributed by atoms with E-state index >= 15 is 0 Å². The molecular weight excluding hydrogens is 296 g/mol. The number of rotatable bonds is 5. The largest absolute Gasteiger partial charge is 0.338 e. The number of amides is 2. The topological polar surface area (TPSA) is 59.0 Å². The third-order valence-electron chi connectivity index (χ3n) is 3.70. The third kappa shape index (κ3) is 3.82. The van der Waals surface area contributed by atoms with E-state index in [9.17, 15) is 4.79 Å². The van der Waals surface area contributed by atoms with E-state index in [0.29, 0.717) is 6.54 Å². The Hall–Kier alpha value is -1.95. The molecule has 1 unspecified atom stereocenters. The molecule has 6 heteroatoms. The molecule has 1 atom stereocenters. The second kappa shape index (κ2) is 7.35. The van der Waals surface area contributed by atoms with Crippen molar-refractivity contribution >= 4 is 17.8 Å². The molecule has 1 aromatic heterocycles. The zero-order chi connectivity index (χ0) is 15.2. The lowest BCUT2D eigenvalue weighted by molar-refractivity contribution is 0.236. The lowest BCUT2D eigenvalue weighted by Crippen LogP contribution is -2.39. The number of aromatic nitrogens is 2. The summed E-state index contributed by atoms with van der Waals surface area (Å²) >= 11 is 1.86. The number of hydrogen-bond donors (Lipinski definition) is 2. The Bertz CT molecular complexity index is 614. The van der Waals surface area contributed by atoms with Gasteiger partial charge in [0.25, 0.3) is 0 Å². The van der Waals surface area contributed by atoms with Crippen LogP contribution in [0.4, 0.5) is 4.79 Å². The van der Waals surface area contributed by atoms with Gasteiger partial charge >= 0.3 is 6.03 Å². The number of carbonyl (C=O) groups is 1. The molecule has 5 nitrogen and oxygen atoms in total. The third-order valence-corrected chi connectivity index (χ3v) is 4.82. The first-order valence-electron chi connectivity index (χ1n) is 7.55. The summed E-state index contributed by atoms with van der Waals surface area (Å²) in [5.74, 6) is 1.04. The second-order valence-corrected chi connectivity index (χ2v) is 6.42. The molecule has 2 amide bonds. The molecule has 22 heavy (non-hydrogen) atoms. The number of fused-ring (bicyclic) bond motifs is 1. The first-order chi connectivity index (χ1) is 10.8. The van der Waals surface area contributed by atoms with Gasteiger partial charge in [0.2, 0.25) is 0 Å². The highest BCUT2D eigenvalue weighted by Gasteiger charge is 2.21. The fraction of sp³-hybridized carbons (Fsp3) is 0.375. The Morgan fingerprint density at radius 1 is 1.41 bits per heavy atom. The molecule has 0 saturated heterocycles. The van der Waals surface area contributed by atoms with Crippen LogP contribution in [0.2, 0.25) is 0 Å². The first kappa shape index (κ1) is 15.0. The Morgan fingerprint density at radius 3 is 3.18 bits per heavy atom. The number of urea groups is 1. The van der Waals surface area contributed by atoms with E-state index in [0.717, 1.165) is 25.1 Å². The lowest BCUT2D eigenvalue weighted by Gasteiger charge is -2.25. The summed E-state index contributed by atoms with van der Waals surface area (Å²) < 4.78 is 2.01. The molecule has 3 rings (SSSR count). The number of aryl methyl sites for hydroxylation is 1. The molecule has 1 aliphatic heterocycles. The van der Waals surface area contributed by atoms with Crippen molar-refractivity contribution in [2.75, 3.05) is 12.3 Å². The average Bonchev–Trinajstić information content (AvgIpc) is 3.05. The highest BCUT2D eigenvalue weighted by Crippen LogP contribution is 2.35. The van der Waals surface area contributed by atoms with Gasteiger partial charge in [0.15, 0.2) is 0 Å². The van der Waals surface area contributed by atoms with Gasteiger partial charge in [-0.3, -0.25) is 0 Å². The van der Waals surface area contributed by atoms with Gasteiger partial charge in [-0.15, -0.1) is 11.8 Å². The number of hydrogen-bond acceptors (Lipinski definition) is 3. The average molecular weight is 316 g/mol. The molecular formula is C16H20N4OS. The van der Waals surface area contributed by atoms with E-state index in [1.165, 1.54) is 10.5 Å². The fourth-order valence-electron chi connectivity index (χ4n) is 2.58. The van der Waals surface area contributed by atoms with Crippen LogP contribution in [-0.4, -0.2) is 27.9 Å². The van der Waals surface area contributed by atoms with Crippen LogP contribution in [0.1, 0.15) is 24.4 Å². The first-order valence-corrected chi connectivity index (χ1v) is 8.53. The number of nitrogens with zero attached hydrogens (tertiary/aromatic N) is 2. The normalized spacial score (nSPS) is 16.8. The van der Waals surface area contributed by atoms with Crippen molar-refractivity contribution in [3.05, 3.63) is 48.5 Å². The van der Waals surface area contributed by atoms with Gasteiger partial charge in [-0.1, -0.05) is 18.2 Å². The van der Waals surface area contributed by atoms with Crippen molar-refractivity contribution in [3.63, 3.8) is 0 Å². The molecule has 2 heterocycles. The van der Waals surface area contributed by atoms with Crippen LogP contribution in [0.5, 0.6) is 0 Å². The molecule has 0 aliphatic carbocycles. The maximum atomic E-state index is 12.0. The predicted octanol–water partition coefficient (Wildman–Crippen LogP) is 2.81.